The summed E-state index contributed by atoms with van der Waals surface area (Å²) in [7, 11) is -2.46. The standard InChI is InChI=1S/C6H8ClN3O3S2/c1-2-14(11,10-15(7,12)13)6-8-4-3-5-9-6/h3-5H,2H2,1H3. The van der Waals surface area contributed by atoms with E-state index in [9.17, 15) is 12.6 Å². The second-order valence-electron chi connectivity index (χ2n) is 2.45. The number of halogens is 1. The normalized spacial score (nSPS) is 15.6. The van der Waals surface area contributed by atoms with Gasteiger partial charge in [0.1, 0.15) is 9.73 Å². The lowest BCUT2D eigenvalue weighted by Gasteiger charge is -2.02. The van der Waals surface area contributed by atoms with E-state index in [0.29, 0.717) is 0 Å². The maximum absolute atomic E-state index is 12.0. The van der Waals surface area contributed by atoms with Crippen molar-refractivity contribution in [3.05, 3.63) is 18.5 Å². The fourth-order valence-electron chi connectivity index (χ4n) is 0.809. The van der Waals surface area contributed by atoms with Crippen LogP contribution in [0.5, 0.6) is 0 Å². The summed E-state index contributed by atoms with van der Waals surface area (Å²) in [4.78, 5) is 7.40. The Hall–Kier alpha value is -0.730. The van der Waals surface area contributed by atoms with E-state index in [1.807, 2.05) is 0 Å². The largest absolute Gasteiger partial charge is 0.347 e. The number of hydrogen-bond acceptors (Lipinski definition) is 5. The highest BCUT2D eigenvalue weighted by Gasteiger charge is 2.17. The molecule has 1 heterocycles. The molecule has 0 aliphatic heterocycles. The van der Waals surface area contributed by atoms with Crippen molar-refractivity contribution in [1.82, 2.24) is 9.97 Å². The third-order valence-corrected chi connectivity index (χ3v) is 5.17. The molecular formula is C6H8ClN3O3S2. The second kappa shape index (κ2) is 4.42. The summed E-state index contributed by atoms with van der Waals surface area (Å²) in [6, 6.07) is 1.52. The van der Waals surface area contributed by atoms with Gasteiger partial charge >= 0.3 is 9.24 Å². The molecule has 0 aliphatic rings. The topological polar surface area (TPSA) is 89.4 Å². The lowest BCUT2D eigenvalue weighted by molar-refractivity contribution is 0.611. The maximum Gasteiger partial charge on any atom is 0.347 e. The molecule has 0 aliphatic carbocycles. The predicted octanol–water partition coefficient (Wildman–Crippen LogP) is 0.807. The van der Waals surface area contributed by atoms with Gasteiger partial charge in [-0.2, -0.15) is 8.42 Å². The summed E-state index contributed by atoms with van der Waals surface area (Å²) in [5.74, 6) is -0.0248. The molecule has 0 N–H and O–H groups in total. The maximum atomic E-state index is 12.0. The van der Waals surface area contributed by atoms with Crippen LogP contribution >= 0.6 is 10.7 Å². The van der Waals surface area contributed by atoms with Gasteiger partial charge in [-0.3, -0.25) is 0 Å². The molecule has 1 aromatic heterocycles. The Kier molecular flexibility index (Phi) is 3.63. The molecule has 0 radical (unpaired) electrons. The van der Waals surface area contributed by atoms with Gasteiger partial charge in [0.05, 0.1) is 0 Å². The Labute approximate surface area is 92.4 Å². The fourth-order valence-corrected chi connectivity index (χ4v) is 4.18. The van der Waals surface area contributed by atoms with Crippen LogP contribution in [-0.4, -0.2) is 28.3 Å². The highest BCUT2D eigenvalue weighted by Crippen LogP contribution is 2.12. The first-order chi connectivity index (χ1) is 6.87. The zero-order chi connectivity index (χ0) is 11.5. The molecule has 6 nitrogen and oxygen atoms in total. The third kappa shape index (κ3) is 3.40. The number of aromatic nitrogens is 2. The van der Waals surface area contributed by atoms with E-state index in [1.54, 1.807) is 0 Å². The van der Waals surface area contributed by atoms with Crippen molar-refractivity contribution in [1.29, 1.82) is 0 Å². The molecule has 84 valence electrons. The van der Waals surface area contributed by atoms with E-state index in [1.165, 1.54) is 25.4 Å². The Morgan fingerprint density at radius 2 is 1.87 bits per heavy atom. The highest BCUT2D eigenvalue weighted by atomic mass is 35.7. The summed E-state index contributed by atoms with van der Waals surface area (Å²) < 4.78 is 36.6. The van der Waals surface area contributed by atoms with Gasteiger partial charge in [0.25, 0.3) is 0 Å². The van der Waals surface area contributed by atoms with Gasteiger partial charge in [-0.25, -0.2) is 14.2 Å². The summed E-state index contributed by atoms with van der Waals surface area (Å²) >= 11 is 0. The monoisotopic (exact) mass is 269 g/mol. The fraction of sp³-hybridized carbons (Fsp3) is 0.333. The van der Waals surface area contributed by atoms with Gasteiger partial charge in [-0.1, -0.05) is 10.7 Å². The molecule has 0 saturated carbocycles. The van der Waals surface area contributed by atoms with Crippen LogP contribution in [0.4, 0.5) is 0 Å². The van der Waals surface area contributed by atoms with Crippen LogP contribution in [0.1, 0.15) is 6.92 Å². The molecule has 0 saturated heterocycles. The molecule has 0 fully saturated rings. The van der Waals surface area contributed by atoms with E-state index in [0.717, 1.165) is 0 Å². The summed E-state index contributed by atoms with van der Waals surface area (Å²) in [6.07, 6.45) is 2.71. The number of rotatable bonds is 3. The Balaban J connectivity index is 3.44. The summed E-state index contributed by atoms with van der Waals surface area (Å²) in [6.45, 7) is 1.52. The highest BCUT2D eigenvalue weighted by molar-refractivity contribution is 8.17. The molecule has 0 amide bonds. The first kappa shape index (κ1) is 12.3. The van der Waals surface area contributed by atoms with E-state index in [4.69, 9.17) is 10.7 Å². The first-order valence-corrected chi connectivity index (χ1v) is 7.80. The van der Waals surface area contributed by atoms with Crippen LogP contribution in [0, 0.1) is 0 Å². The molecule has 1 aromatic rings. The van der Waals surface area contributed by atoms with Crippen molar-refractivity contribution >= 4 is 29.6 Å². The van der Waals surface area contributed by atoms with Crippen molar-refractivity contribution in [2.45, 2.75) is 12.1 Å². The SMILES string of the molecule is CCS(=O)(=NS(=O)(=O)Cl)c1ncccn1. The van der Waals surface area contributed by atoms with Crippen LogP contribution in [0.2, 0.25) is 0 Å². The molecule has 0 aromatic carbocycles. The minimum Gasteiger partial charge on any atom is -0.240 e. The lowest BCUT2D eigenvalue weighted by atomic mass is 10.7. The molecule has 1 atom stereocenters. The molecule has 0 bridgehead atoms. The van der Waals surface area contributed by atoms with Gasteiger partial charge in [-0.15, -0.1) is 0 Å². The van der Waals surface area contributed by atoms with E-state index >= 15 is 0 Å². The quantitative estimate of drug-likeness (QED) is 0.598. The molecule has 1 unspecified atom stereocenters. The molecular weight excluding hydrogens is 262 g/mol. The van der Waals surface area contributed by atoms with Crippen LogP contribution in [-0.2, 0) is 19.0 Å². The summed E-state index contributed by atoms with van der Waals surface area (Å²) in [5, 5.41) is -0.128. The van der Waals surface area contributed by atoms with Crippen LogP contribution < -0.4 is 0 Å². The van der Waals surface area contributed by atoms with Crippen LogP contribution in [0.3, 0.4) is 0 Å². The summed E-state index contributed by atoms with van der Waals surface area (Å²) in [5.41, 5.74) is 0. The zero-order valence-electron chi connectivity index (χ0n) is 7.70. The average Bonchev–Trinajstić information content (AvgIpc) is 2.16. The van der Waals surface area contributed by atoms with Crippen molar-refractivity contribution in [2.75, 3.05) is 5.75 Å². The minimum absolute atomic E-state index is 0.0248. The predicted molar refractivity (Wildman–Crippen MR) is 56.2 cm³/mol. The lowest BCUT2D eigenvalue weighted by Crippen LogP contribution is -2.09. The van der Waals surface area contributed by atoms with Gasteiger partial charge in [0, 0.05) is 28.8 Å². The van der Waals surface area contributed by atoms with E-state index in [-0.39, 0.29) is 10.9 Å². The Bertz CT molecular complexity index is 548. The second-order valence-corrected chi connectivity index (χ2v) is 7.26. The van der Waals surface area contributed by atoms with Crippen LogP contribution in [0.15, 0.2) is 27.4 Å². The first-order valence-electron chi connectivity index (χ1n) is 3.85. The molecule has 1 rings (SSSR count). The van der Waals surface area contributed by atoms with Gasteiger partial charge in [0.15, 0.2) is 0 Å². The average molecular weight is 270 g/mol. The van der Waals surface area contributed by atoms with Crippen molar-refractivity contribution < 1.29 is 12.6 Å². The molecule has 0 spiro atoms. The van der Waals surface area contributed by atoms with Crippen molar-refractivity contribution in [3.63, 3.8) is 0 Å². The van der Waals surface area contributed by atoms with Gasteiger partial charge in [0.2, 0.25) is 5.16 Å². The van der Waals surface area contributed by atoms with Crippen molar-refractivity contribution in [3.8, 4) is 0 Å². The van der Waals surface area contributed by atoms with Gasteiger partial charge in [-0.05, 0) is 6.07 Å². The molecule has 9 heteroatoms. The minimum atomic E-state index is -4.20. The Morgan fingerprint density at radius 3 is 2.27 bits per heavy atom. The Morgan fingerprint density at radius 1 is 1.33 bits per heavy atom. The number of nitrogens with zero attached hydrogens (tertiary/aromatic N) is 3. The zero-order valence-corrected chi connectivity index (χ0v) is 10.1. The van der Waals surface area contributed by atoms with Crippen LogP contribution in [0.25, 0.3) is 0 Å². The smallest absolute Gasteiger partial charge is 0.240 e. The third-order valence-electron chi connectivity index (χ3n) is 1.43. The van der Waals surface area contributed by atoms with E-state index < -0.39 is 19.0 Å². The molecule has 15 heavy (non-hydrogen) atoms. The van der Waals surface area contributed by atoms with Gasteiger partial charge < -0.3 is 0 Å². The van der Waals surface area contributed by atoms with E-state index in [2.05, 4.69) is 13.7 Å². The van der Waals surface area contributed by atoms with Crippen molar-refractivity contribution in [2.24, 2.45) is 3.77 Å². The number of hydrogen-bond donors (Lipinski definition) is 0.